The highest BCUT2D eigenvalue weighted by atomic mass is 32.2. The lowest BCUT2D eigenvalue weighted by atomic mass is 10.1. The van der Waals surface area contributed by atoms with Crippen LogP contribution in [0.2, 0.25) is 0 Å². The fourth-order valence-corrected chi connectivity index (χ4v) is 3.86. The Kier molecular flexibility index (Phi) is 5.96. The molecule has 0 aliphatic carbocycles. The second kappa shape index (κ2) is 8.39. The number of benzene rings is 1. The van der Waals surface area contributed by atoms with Crippen LogP contribution in [0.25, 0.3) is 5.57 Å². The van der Waals surface area contributed by atoms with Crippen molar-refractivity contribution in [2.45, 2.75) is 32.6 Å². The van der Waals surface area contributed by atoms with E-state index < -0.39 is 0 Å². The molecule has 6 heteroatoms. The molecular weight excluding hydrogens is 360 g/mol. The van der Waals surface area contributed by atoms with Gasteiger partial charge in [0.05, 0.1) is 23.6 Å². The van der Waals surface area contributed by atoms with E-state index in [0.29, 0.717) is 17.1 Å². The third-order valence-corrected chi connectivity index (χ3v) is 5.11. The lowest BCUT2D eigenvalue weighted by Crippen LogP contribution is -2.31. The third kappa shape index (κ3) is 4.22. The number of carbonyl (C=O) groups is 2. The predicted molar refractivity (Wildman–Crippen MR) is 107 cm³/mol. The van der Waals surface area contributed by atoms with E-state index in [1.54, 1.807) is 12.4 Å². The Morgan fingerprint density at radius 2 is 1.70 bits per heavy atom. The number of hydrogen-bond donors (Lipinski definition) is 0. The van der Waals surface area contributed by atoms with Crippen LogP contribution >= 0.6 is 11.8 Å². The molecule has 0 bridgehead atoms. The fraction of sp³-hybridized carbons (Fsp3) is 0.286. The van der Waals surface area contributed by atoms with Gasteiger partial charge in [0.25, 0.3) is 11.8 Å². The van der Waals surface area contributed by atoms with Gasteiger partial charge in [-0.3, -0.25) is 19.5 Å². The summed E-state index contributed by atoms with van der Waals surface area (Å²) in [7, 11) is 0. The van der Waals surface area contributed by atoms with Crippen molar-refractivity contribution in [3.63, 3.8) is 0 Å². The maximum Gasteiger partial charge on any atom is 0.268 e. The standard InChI is InChI=1S/C21H22N2O3S/c1-4-26-17-7-5-16(6-8-17)18-19(27-14(2)3)21(25)23(20(18)24)13-15-9-11-22-12-10-15/h5-12,14H,4,13H2,1-3H3. The zero-order chi connectivity index (χ0) is 19.4. The van der Waals surface area contributed by atoms with Gasteiger partial charge in [0.15, 0.2) is 0 Å². The normalized spacial score (nSPS) is 14.4. The molecule has 140 valence electrons. The minimum Gasteiger partial charge on any atom is -0.494 e. The highest BCUT2D eigenvalue weighted by Gasteiger charge is 2.39. The molecule has 3 rings (SSSR count). The highest BCUT2D eigenvalue weighted by Crippen LogP contribution is 2.38. The summed E-state index contributed by atoms with van der Waals surface area (Å²) in [4.78, 5) is 31.9. The molecule has 2 heterocycles. The first-order chi connectivity index (χ1) is 13.0. The van der Waals surface area contributed by atoms with Gasteiger partial charge in [-0.1, -0.05) is 26.0 Å². The van der Waals surface area contributed by atoms with Gasteiger partial charge in [-0.2, -0.15) is 0 Å². The molecule has 1 aromatic carbocycles. The van der Waals surface area contributed by atoms with Crippen LogP contribution in [-0.4, -0.2) is 33.6 Å². The molecule has 0 saturated heterocycles. The topological polar surface area (TPSA) is 59.5 Å². The van der Waals surface area contributed by atoms with E-state index in [1.807, 2.05) is 57.2 Å². The van der Waals surface area contributed by atoms with Gasteiger partial charge in [0.1, 0.15) is 5.75 Å². The van der Waals surface area contributed by atoms with E-state index >= 15 is 0 Å². The van der Waals surface area contributed by atoms with E-state index in [-0.39, 0.29) is 23.6 Å². The Hall–Kier alpha value is -2.60. The Balaban J connectivity index is 1.95. The van der Waals surface area contributed by atoms with Crippen molar-refractivity contribution in [3.05, 3.63) is 64.8 Å². The van der Waals surface area contributed by atoms with Gasteiger partial charge in [-0.05, 0) is 42.3 Å². The number of carbonyl (C=O) groups excluding carboxylic acids is 2. The molecule has 0 fully saturated rings. The number of imide groups is 1. The number of thioether (sulfide) groups is 1. The molecule has 5 nitrogen and oxygen atoms in total. The average Bonchev–Trinajstić information content (AvgIpc) is 2.88. The van der Waals surface area contributed by atoms with Crippen molar-refractivity contribution in [3.8, 4) is 5.75 Å². The minimum absolute atomic E-state index is 0.190. The number of amides is 2. The zero-order valence-electron chi connectivity index (χ0n) is 15.6. The van der Waals surface area contributed by atoms with Crippen LogP contribution in [0.5, 0.6) is 5.75 Å². The van der Waals surface area contributed by atoms with Gasteiger partial charge >= 0.3 is 0 Å². The van der Waals surface area contributed by atoms with E-state index in [4.69, 9.17) is 4.74 Å². The van der Waals surface area contributed by atoms with E-state index in [9.17, 15) is 9.59 Å². The minimum atomic E-state index is -0.260. The molecule has 1 aliphatic heterocycles. The van der Waals surface area contributed by atoms with Crippen molar-refractivity contribution >= 4 is 29.1 Å². The van der Waals surface area contributed by atoms with Crippen LogP contribution in [0.1, 0.15) is 31.9 Å². The predicted octanol–water partition coefficient (Wildman–Crippen LogP) is 3.90. The lowest BCUT2D eigenvalue weighted by Gasteiger charge is -2.15. The van der Waals surface area contributed by atoms with E-state index in [1.165, 1.54) is 16.7 Å². The second-order valence-corrected chi connectivity index (χ2v) is 7.97. The first-order valence-electron chi connectivity index (χ1n) is 8.90. The molecule has 2 amide bonds. The van der Waals surface area contributed by atoms with Crippen LogP contribution in [0, 0.1) is 0 Å². The van der Waals surface area contributed by atoms with E-state index in [2.05, 4.69) is 4.98 Å². The van der Waals surface area contributed by atoms with Gasteiger partial charge < -0.3 is 4.74 Å². The SMILES string of the molecule is CCOc1ccc(C2=C(SC(C)C)C(=O)N(Cc3ccncc3)C2=O)cc1. The molecule has 0 saturated carbocycles. The summed E-state index contributed by atoms with van der Waals surface area (Å²) in [5.41, 5.74) is 2.07. The monoisotopic (exact) mass is 382 g/mol. The number of pyridine rings is 1. The smallest absolute Gasteiger partial charge is 0.268 e. The molecule has 2 aromatic rings. The molecule has 1 aliphatic rings. The van der Waals surface area contributed by atoms with Crippen LogP contribution in [0.3, 0.4) is 0 Å². The maximum atomic E-state index is 13.1. The van der Waals surface area contributed by atoms with Crippen LogP contribution in [0.15, 0.2) is 53.7 Å². The number of rotatable bonds is 7. The Bertz CT molecular complexity index is 861. The Morgan fingerprint density at radius 1 is 1.04 bits per heavy atom. The third-order valence-electron chi connectivity index (χ3n) is 4.02. The summed E-state index contributed by atoms with van der Waals surface area (Å²) in [6.45, 7) is 6.76. The first-order valence-corrected chi connectivity index (χ1v) is 9.78. The van der Waals surface area contributed by atoms with Crippen molar-refractivity contribution in [1.29, 1.82) is 0 Å². The quantitative estimate of drug-likeness (QED) is 0.680. The molecule has 0 N–H and O–H groups in total. The summed E-state index contributed by atoms with van der Waals surface area (Å²) in [6, 6.07) is 10.9. The molecule has 0 spiro atoms. The number of nitrogens with zero attached hydrogens (tertiary/aromatic N) is 2. The van der Waals surface area contributed by atoms with Crippen molar-refractivity contribution in [1.82, 2.24) is 9.88 Å². The summed E-state index contributed by atoms with van der Waals surface area (Å²) in [6.07, 6.45) is 3.32. The number of aromatic nitrogens is 1. The van der Waals surface area contributed by atoms with Crippen LogP contribution < -0.4 is 4.74 Å². The van der Waals surface area contributed by atoms with Gasteiger partial charge in [-0.15, -0.1) is 11.8 Å². The Morgan fingerprint density at radius 3 is 2.30 bits per heavy atom. The zero-order valence-corrected chi connectivity index (χ0v) is 16.5. The number of ether oxygens (including phenoxy) is 1. The second-order valence-electron chi connectivity index (χ2n) is 6.38. The Labute approximate surface area is 163 Å². The van der Waals surface area contributed by atoms with Crippen molar-refractivity contribution in [2.75, 3.05) is 6.61 Å². The number of hydrogen-bond acceptors (Lipinski definition) is 5. The fourth-order valence-electron chi connectivity index (χ4n) is 2.85. The molecule has 0 unspecified atom stereocenters. The lowest BCUT2D eigenvalue weighted by molar-refractivity contribution is -0.137. The molecular formula is C21H22N2O3S. The molecule has 0 atom stereocenters. The summed E-state index contributed by atoms with van der Waals surface area (Å²) in [5.74, 6) is 0.244. The van der Waals surface area contributed by atoms with Crippen LogP contribution in [-0.2, 0) is 16.1 Å². The summed E-state index contributed by atoms with van der Waals surface area (Å²) in [5, 5.41) is 0.190. The molecule has 0 radical (unpaired) electrons. The van der Waals surface area contributed by atoms with Crippen molar-refractivity contribution in [2.24, 2.45) is 0 Å². The van der Waals surface area contributed by atoms with Crippen LogP contribution in [0.4, 0.5) is 0 Å². The molecule has 27 heavy (non-hydrogen) atoms. The largest absolute Gasteiger partial charge is 0.494 e. The summed E-state index contributed by atoms with van der Waals surface area (Å²) >= 11 is 1.43. The average molecular weight is 382 g/mol. The highest BCUT2D eigenvalue weighted by molar-refractivity contribution is 8.04. The van der Waals surface area contributed by atoms with Gasteiger partial charge in [0, 0.05) is 17.6 Å². The maximum absolute atomic E-state index is 13.1. The van der Waals surface area contributed by atoms with E-state index in [0.717, 1.165) is 16.9 Å². The van der Waals surface area contributed by atoms with Crippen molar-refractivity contribution < 1.29 is 14.3 Å². The van der Waals surface area contributed by atoms with Gasteiger partial charge in [-0.25, -0.2) is 0 Å². The van der Waals surface area contributed by atoms with Gasteiger partial charge in [0.2, 0.25) is 0 Å². The molecule has 1 aromatic heterocycles. The first kappa shape index (κ1) is 19.2. The summed E-state index contributed by atoms with van der Waals surface area (Å²) < 4.78 is 5.47.